The molecule has 0 spiro atoms. The van der Waals surface area contributed by atoms with Crippen LogP contribution in [0.5, 0.6) is 0 Å². The standard InChI is InChI=1S/C5H3F3N2O2/c6-5(7,8)12-4(11)10-3-1-2-9-10/h1-3H. The molecule has 12 heavy (non-hydrogen) atoms. The van der Waals surface area contributed by atoms with Gasteiger partial charge in [-0.3, -0.25) is 0 Å². The van der Waals surface area contributed by atoms with Gasteiger partial charge in [0.05, 0.1) is 0 Å². The highest BCUT2D eigenvalue weighted by atomic mass is 19.4. The van der Waals surface area contributed by atoms with Crippen molar-refractivity contribution in [1.29, 1.82) is 0 Å². The lowest BCUT2D eigenvalue weighted by molar-refractivity contribution is -0.291. The van der Waals surface area contributed by atoms with Gasteiger partial charge in [-0.25, -0.2) is 4.79 Å². The molecule has 0 fully saturated rings. The molecule has 1 aromatic rings. The monoisotopic (exact) mass is 180 g/mol. The number of carbonyl (C=O) groups excluding carboxylic acids is 1. The van der Waals surface area contributed by atoms with Crippen molar-refractivity contribution in [1.82, 2.24) is 9.78 Å². The zero-order chi connectivity index (χ0) is 9.19. The van der Waals surface area contributed by atoms with Gasteiger partial charge in [-0.15, -0.1) is 13.2 Å². The number of hydrogen-bond donors (Lipinski definition) is 0. The third-order valence-corrected chi connectivity index (χ3v) is 0.894. The van der Waals surface area contributed by atoms with Gasteiger partial charge < -0.3 is 4.74 Å². The Bertz CT molecular complexity index is 267. The lowest BCUT2D eigenvalue weighted by Crippen LogP contribution is -2.23. The maximum Gasteiger partial charge on any atom is 0.576 e. The average Bonchev–Trinajstić information content (AvgIpc) is 2.32. The molecule has 0 aliphatic carbocycles. The molecule has 0 aliphatic heterocycles. The van der Waals surface area contributed by atoms with Gasteiger partial charge in [-0.1, -0.05) is 0 Å². The highest BCUT2D eigenvalue weighted by Gasteiger charge is 2.34. The third-order valence-electron chi connectivity index (χ3n) is 0.894. The Labute approximate surface area is 64.5 Å². The topological polar surface area (TPSA) is 44.1 Å². The van der Waals surface area contributed by atoms with Crippen molar-refractivity contribution in [3.8, 4) is 0 Å². The number of aromatic nitrogens is 2. The fourth-order valence-electron chi connectivity index (χ4n) is 0.523. The van der Waals surface area contributed by atoms with Crippen LogP contribution >= 0.6 is 0 Å². The summed E-state index contributed by atoms with van der Waals surface area (Å²) in [7, 11) is 0. The molecule has 0 unspecified atom stereocenters. The smallest absolute Gasteiger partial charge is 0.354 e. The summed E-state index contributed by atoms with van der Waals surface area (Å²) in [5, 5.41) is 3.24. The lowest BCUT2D eigenvalue weighted by Gasteiger charge is -2.05. The van der Waals surface area contributed by atoms with Crippen LogP contribution in [0.3, 0.4) is 0 Å². The molecule has 0 radical (unpaired) electrons. The van der Waals surface area contributed by atoms with Gasteiger partial charge in [0.25, 0.3) is 0 Å². The van der Waals surface area contributed by atoms with Crippen LogP contribution in [0.1, 0.15) is 0 Å². The lowest BCUT2D eigenvalue weighted by atomic mass is 10.8. The Balaban J connectivity index is 2.63. The number of rotatable bonds is 0. The summed E-state index contributed by atoms with van der Waals surface area (Å²) in [5.74, 6) is 0. The van der Waals surface area contributed by atoms with E-state index in [4.69, 9.17) is 0 Å². The number of halogens is 3. The van der Waals surface area contributed by atoms with Crippen LogP contribution in [0.25, 0.3) is 0 Å². The molecule has 0 aliphatic rings. The number of alkyl halides is 3. The fourth-order valence-corrected chi connectivity index (χ4v) is 0.523. The minimum Gasteiger partial charge on any atom is -0.354 e. The number of carbonyl (C=O) groups is 1. The first kappa shape index (κ1) is 8.57. The van der Waals surface area contributed by atoms with E-state index in [0.29, 0.717) is 4.68 Å². The maximum atomic E-state index is 11.4. The van der Waals surface area contributed by atoms with Gasteiger partial charge in [0.1, 0.15) is 0 Å². The molecule has 1 heterocycles. The fraction of sp³-hybridized carbons (Fsp3) is 0.200. The molecule has 0 atom stereocenters. The Morgan fingerprint density at radius 1 is 1.50 bits per heavy atom. The van der Waals surface area contributed by atoms with Crippen molar-refractivity contribution in [2.24, 2.45) is 0 Å². The van der Waals surface area contributed by atoms with E-state index in [1.165, 1.54) is 6.07 Å². The first-order valence-corrected chi connectivity index (χ1v) is 2.79. The Morgan fingerprint density at radius 2 is 2.17 bits per heavy atom. The third kappa shape index (κ3) is 2.26. The van der Waals surface area contributed by atoms with Gasteiger partial charge >= 0.3 is 12.5 Å². The van der Waals surface area contributed by atoms with E-state index in [-0.39, 0.29) is 0 Å². The molecule has 66 valence electrons. The van der Waals surface area contributed by atoms with E-state index < -0.39 is 12.5 Å². The summed E-state index contributed by atoms with van der Waals surface area (Å²) >= 11 is 0. The van der Waals surface area contributed by atoms with Crippen LogP contribution in [0.2, 0.25) is 0 Å². The predicted octanol–water partition coefficient (Wildman–Crippen LogP) is 1.39. The summed E-state index contributed by atoms with van der Waals surface area (Å²) < 4.78 is 37.7. The predicted molar refractivity (Wildman–Crippen MR) is 30.2 cm³/mol. The van der Waals surface area contributed by atoms with E-state index in [1.54, 1.807) is 0 Å². The molecule has 0 N–H and O–H groups in total. The van der Waals surface area contributed by atoms with Crippen molar-refractivity contribution in [2.75, 3.05) is 0 Å². The van der Waals surface area contributed by atoms with Crippen molar-refractivity contribution < 1.29 is 22.7 Å². The molecule has 0 amide bonds. The molecule has 0 saturated carbocycles. The molecule has 0 aromatic carbocycles. The largest absolute Gasteiger partial charge is 0.576 e. The Hall–Kier alpha value is -1.53. The van der Waals surface area contributed by atoms with Crippen molar-refractivity contribution >= 4 is 6.09 Å². The molecule has 1 rings (SSSR count). The van der Waals surface area contributed by atoms with Gasteiger partial charge in [0, 0.05) is 12.4 Å². The molecular formula is C5H3F3N2O2. The van der Waals surface area contributed by atoms with Gasteiger partial charge in [-0.2, -0.15) is 9.78 Å². The van der Waals surface area contributed by atoms with Gasteiger partial charge in [0.15, 0.2) is 0 Å². The van der Waals surface area contributed by atoms with Crippen LogP contribution in [0, 0.1) is 0 Å². The van der Waals surface area contributed by atoms with Crippen LogP contribution < -0.4 is 0 Å². The SMILES string of the molecule is O=C(OC(F)(F)F)n1cccn1. The molecule has 1 aromatic heterocycles. The summed E-state index contributed by atoms with van der Waals surface area (Å²) in [6, 6.07) is 1.30. The van der Waals surface area contributed by atoms with E-state index in [1.807, 2.05) is 0 Å². The van der Waals surface area contributed by atoms with E-state index >= 15 is 0 Å². The quantitative estimate of drug-likeness (QED) is 0.605. The minimum absolute atomic E-state index is 0.438. The normalized spacial score (nSPS) is 11.2. The molecule has 7 heteroatoms. The van der Waals surface area contributed by atoms with Gasteiger partial charge in [-0.05, 0) is 6.07 Å². The zero-order valence-corrected chi connectivity index (χ0v) is 5.58. The van der Waals surface area contributed by atoms with E-state index in [0.717, 1.165) is 12.4 Å². The molecule has 4 nitrogen and oxygen atoms in total. The maximum absolute atomic E-state index is 11.4. The molecule has 0 bridgehead atoms. The molecular weight excluding hydrogens is 177 g/mol. The Kier molecular flexibility index (Phi) is 2.03. The summed E-state index contributed by atoms with van der Waals surface area (Å²) in [6.45, 7) is 0. The van der Waals surface area contributed by atoms with Crippen LogP contribution in [-0.4, -0.2) is 22.2 Å². The number of nitrogens with zero attached hydrogens (tertiary/aromatic N) is 2. The second kappa shape index (κ2) is 2.84. The summed E-state index contributed by atoms with van der Waals surface area (Å²) in [5.41, 5.74) is 0. The number of hydrogen-bond acceptors (Lipinski definition) is 3. The first-order chi connectivity index (χ1) is 5.49. The zero-order valence-electron chi connectivity index (χ0n) is 5.58. The highest BCUT2D eigenvalue weighted by molar-refractivity contribution is 5.69. The van der Waals surface area contributed by atoms with Crippen LogP contribution in [0.15, 0.2) is 18.5 Å². The molecule has 0 saturated heterocycles. The van der Waals surface area contributed by atoms with Crippen molar-refractivity contribution in [3.05, 3.63) is 18.5 Å². The minimum atomic E-state index is -4.97. The average molecular weight is 180 g/mol. The van der Waals surface area contributed by atoms with Crippen LogP contribution in [-0.2, 0) is 4.74 Å². The van der Waals surface area contributed by atoms with Gasteiger partial charge in [0.2, 0.25) is 0 Å². The van der Waals surface area contributed by atoms with Crippen LogP contribution in [0.4, 0.5) is 18.0 Å². The highest BCUT2D eigenvalue weighted by Crippen LogP contribution is 2.16. The number of ether oxygens (including phenoxy) is 1. The summed E-state index contributed by atoms with van der Waals surface area (Å²) in [4.78, 5) is 10.5. The summed E-state index contributed by atoms with van der Waals surface area (Å²) in [6.07, 6.45) is -4.33. The second-order valence-electron chi connectivity index (χ2n) is 1.76. The second-order valence-corrected chi connectivity index (χ2v) is 1.76. The van der Waals surface area contributed by atoms with E-state index in [2.05, 4.69) is 9.84 Å². The first-order valence-electron chi connectivity index (χ1n) is 2.79. The Morgan fingerprint density at radius 3 is 2.58 bits per heavy atom. The van der Waals surface area contributed by atoms with Crippen molar-refractivity contribution in [2.45, 2.75) is 6.36 Å². The van der Waals surface area contributed by atoms with Crippen molar-refractivity contribution in [3.63, 3.8) is 0 Å². The van der Waals surface area contributed by atoms with E-state index in [9.17, 15) is 18.0 Å².